The standard InChI is InChI=1S/C15H22N2O3/c1-5-10(3)14-9-12(17(19)20)7-8-13(14)15(18)16-11(4)6-2/h7-11H,5-6H2,1-4H3,(H,16,18). The predicted octanol–water partition coefficient (Wildman–Crippen LogP) is 3.64. The van der Waals surface area contributed by atoms with Crippen LogP contribution in [0.25, 0.3) is 0 Å². The molecule has 1 aromatic rings. The van der Waals surface area contributed by atoms with E-state index in [2.05, 4.69) is 5.32 Å². The molecule has 0 aliphatic heterocycles. The summed E-state index contributed by atoms with van der Waals surface area (Å²) in [5, 5.41) is 13.8. The molecule has 2 atom stereocenters. The van der Waals surface area contributed by atoms with Crippen LogP contribution in [0.1, 0.15) is 62.4 Å². The van der Waals surface area contributed by atoms with Crippen molar-refractivity contribution in [3.8, 4) is 0 Å². The summed E-state index contributed by atoms with van der Waals surface area (Å²) in [5.74, 6) is -0.0582. The van der Waals surface area contributed by atoms with E-state index in [0.717, 1.165) is 18.4 Å². The molecule has 0 aromatic heterocycles. The molecule has 0 bridgehead atoms. The predicted molar refractivity (Wildman–Crippen MR) is 79.0 cm³/mol. The molecule has 0 aliphatic rings. The van der Waals surface area contributed by atoms with Crippen LogP contribution in [0.5, 0.6) is 0 Å². The van der Waals surface area contributed by atoms with Gasteiger partial charge < -0.3 is 5.32 Å². The van der Waals surface area contributed by atoms with Crippen molar-refractivity contribution in [3.63, 3.8) is 0 Å². The Labute approximate surface area is 119 Å². The smallest absolute Gasteiger partial charge is 0.269 e. The van der Waals surface area contributed by atoms with Gasteiger partial charge in [-0.2, -0.15) is 0 Å². The molecule has 0 saturated heterocycles. The van der Waals surface area contributed by atoms with Gasteiger partial charge in [-0.05, 0) is 37.3 Å². The zero-order valence-electron chi connectivity index (χ0n) is 12.5. The molecule has 5 nitrogen and oxygen atoms in total. The van der Waals surface area contributed by atoms with Crippen molar-refractivity contribution in [2.24, 2.45) is 0 Å². The second-order valence-corrected chi connectivity index (χ2v) is 5.12. The van der Waals surface area contributed by atoms with Gasteiger partial charge in [-0.3, -0.25) is 14.9 Å². The molecule has 0 spiro atoms. The first kappa shape index (κ1) is 16.1. The van der Waals surface area contributed by atoms with Crippen molar-refractivity contribution in [1.82, 2.24) is 5.32 Å². The van der Waals surface area contributed by atoms with Gasteiger partial charge in [-0.25, -0.2) is 0 Å². The van der Waals surface area contributed by atoms with Crippen LogP contribution < -0.4 is 5.32 Å². The molecule has 5 heteroatoms. The first-order valence-electron chi connectivity index (χ1n) is 6.99. The Morgan fingerprint density at radius 1 is 1.30 bits per heavy atom. The number of hydrogen-bond donors (Lipinski definition) is 1. The van der Waals surface area contributed by atoms with Crippen LogP contribution in [0.4, 0.5) is 5.69 Å². The highest BCUT2D eigenvalue weighted by atomic mass is 16.6. The van der Waals surface area contributed by atoms with Gasteiger partial charge in [0.15, 0.2) is 0 Å². The van der Waals surface area contributed by atoms with E-state index in [1.165, 1.54) is 12.1 Å². The van der Waals surface area contributed by atoms with Crippen molar-refractivity contribution in [1.29, 1.82) is 0 Å². The number of nitrogens with zero attached hydrogens (tertiary/aromatic N) is 1. The fourth-order valence-corrected chi connectivity index (χ4v) is 1.90. The summed E-state index contributed by atoms with van der Waals surface area (Å²) < 4.78 is 0. The molecule has 0 fully saturated rings. The number of nitrogens with one attached hydrogen (secondary N) is 1. The van der Waals surface area contributed by atoms with Gasteiger partial charge in [0.05, 0.1) is 4.92 Å². The van der Waals surface area contributed by atoms with E-state index in [1.807, 2.05) is 27.7 Å². The number of rotatable bonds is 6. The zero-order valence-corrected chi connectivity index (χ0v) is 12.5. The molecule has 110 valence electrons. The Morgan fingerprint density at radius 2 is 1.95 bits per heavy atom. The molecule has 20 heavy (non-hydrogen) atoms. The van der Waals surface area contributed by atoms with Gasteiger partial charge >= 0.3 is 0 Å². The summed E-state index contributed by atoms with van der Waals surface area (Å²) in [6, 6.07) is 4.54. The summed E-state index contributed by atoms with van der Waals surface area (Å²) >= 11 is 0. The molecular formula is C15H22N2O3. The maximum absolute atomic E-state index is 12.3. The summed E-state index contributed by atoms with van der Waals surface area (Å²) in [4.78, 5) is 22.7. The molecule has 1 aromatic carbocycles. The van der Waals surface area contributed by atoms with Gasteiger partial charge in [0.2, 0.25) is 0 Å². The van der Waals surface area contributed by atoms with E-state index in [-0.39, 0.29) is 23.6 Å². The van der Waals surface area contributed by atoms with Gasteiger partial charge in [0, 0.05) is 23.7 Å². The number of benzene rings is 1. The highest BCUT2D eigenvalue weighted by molar-refractivity contribution is 5.96. The second kappa shape index (κ2) is 7.03. The van der Waals surface area contributed by atoms with Gasteiger partial charge in [0.25, 0.3) is 11.6 Å². The van der Waals surface area contributed by atoms with Crippen LogP contribution >= 0.6 is 0 Å². The lowest BCUT2D eigenvalue weighted by atomic mass is 9.92. The first-order valence-corrected chi connectivity index (χ1v) is 6.99. The Morgan fingerprint density at radius 3 is 2.45 bits per heavy atom. The van der Waals surface area contributed by atoms with E-state index < -0.39 is 4.92 Å². The van der Waals surface area contributed by atoms with Crippen molar-refractivity contribution in [2.45, 2.75) is 52.5 Å². The Hall–Kier alpha value is -1.91. The van der Waals surface area contributed by atoms with E-state index in [4.69, 9.17) is 0 Å². The summed E-state index contributed by atoms with van der Waals surface area (Å²) in [5.41, 5.74) is 1.30. The minimum Gasteiger partial charge on any atom is -0.350 e. The topological polar surface area (TPSA) is 72.2 Å². The normalized spacial score (nSPS) is 13.6. The number of nitro benzene ring substituents is 1. The number of amides is 1. The molecule has 0 saturated carbocycles. The van der Waals surface area contributed by atoms with Crippen LogP contribution in [0.15, 0.2) is 18.2 Å². The Kier molecular flexibility index (Phi) is 5.67. The number of carbonyl (C=O) groups is 1. The van der Waals surface area contributed by atoms with Gasteiger partial charge in [0.1, 0.15) is 0 Å². The lowest BCUT2D eigenvalue weighted by molar-refractivity contribution is -0.384. The highest BCUT2D eigenvalue weighted by Crippen LogP contribution is 2.27. The number of non-ortho nitro benzene ring substituents is 1. The Balaban J connectivity index is 3.17. The first-order chi connectivity index (χ1) is 9.40. The SMILES string of the molecule is CCC(C)NC(=O)c1ccc([N+](=O)[O-])cc1C(C)CC. The van der Waals surface area contributed by atoms with Crippen molar-refractivity contribution < 1.29 is 9.72 Å². The van der Waals surface area contributed by atoms with Crippen LogP contribution in [-0.2, 0) is 0 Å². The van der Waals surface area contributed by atoms with Gasteiger partial charge in [-0.15, -0.1) is 0 Å². The van der Waals surface area contributed by atoms with E-state index in [1.54, 1.807) is 6.07 Å². The number of carbonyl (C=O) groups excluding carboxylic acids is 1. The van der Waals surface area contributed by atoms with E-state index in [9.17, 15) is 14.9 Å². The fraction of sp³-hybridized carbons (Fsp3) is 0.533. The Bertz CT molecular complexity index is 500. The molecule has 1 N–H and O–H groups in total. The van der Waals surface area contributed by atoms with Crippen LogP contribution in [-0.4, -0.2) is 16.9 Å². The molecule has 1 rings (SSSR count). The molecule has 1 amide bonds. The highest BCUT2D eigenvalue weighted by Gasteiger charge is 2.19. The zero-order chi connectivity index (χ0) is 15.3. The third-order valence-corrected chi connectivity index (χ3v) is 3.62. The van der Waals surface area contributed by atoms with E-state index in [0.29, 0.717) is 5.56 Å². The largest absolute Gasteiger partial charge is 0.350 e. The van der Waals surface area contributed by atoms with Crippen molar-refractivity contribution >= 4 is 11.6 Å². The third kappa shape index (κ3) is 3.79. The summed E-state index contributed by atoms with van der Waals surface area (Å²) in [7, 11) is 0. The van der Waals surface area contributed by atoms with Crippen molar-refractivity contribution in [2.75, 3.05) is 0 Å². The summed E-state index contributed by atoms with van der Waals surface area (Å²) in [6.45, 7) is 7.90. The average molecular weight is 278 g/mol. The average Bonchev–Trinajstić information content (AvgIpc) is 2.45. The lowest BCUT2D eigenvalue weighted by Crippen LogP contribution is -2.32. The summed E-state index contributed by atoms with van der Waals surface area (Å²) in [6.07, 6.45) is 1.67. The monoisotopic (exact) mass is 278 g/mol. The molecule has 0 heterocycles. The molecule has 2 unspecified atom stereocenters. The number of nitro groups is 1. The van der Waals surface area contributed by atoms with Crippen molar-refractivity contribution in [3.05, 3.63) is 39.4 Å². The fourth-order valence-electron chi connectivity index (χ4n) is 1.90. The quantitative estimate of drug-likeness (QED) is 0.638. The third-order valence-electron chi connectivity index (χ3n) is 3.62. The molecule has 0 radical (unpaired) electrons. The van der Waals surface area contributed by atoms with Gasteiger partial charge in [-0.1, -0.05) is 20.8 Å². The second-order valence-electron chi connectivity index (χ2n) is 5.12. The molecular weight excluding hydrogens is 256 g/mol. The maximum Gasteiger partial charge on any atom is 0.269 e. The van der Waals surface area contributed by atoms with Crippen LogP contribution in [0.3, 0.4) is 0 Å². The minimum atomic E-state index is -0.428. The number of hydrogen-bond acceptors (Lipinski definition) is 3. The van der Waals surface area contributed by atoms with Crippen LogP contribution in [0.2, 0.25) is 0 Å². The van der Waals surface area contributed by atoms with Crippen LogP contribution in [0, 0.1) is 10.1 Å². The minimum absolute atomic E-state index is 0.0281. The van der Waals surface area contributed by atoms with E-state index >= 15 is 0 Å². The lowest BCUT2D eigenvalue weighted by Gasteiger charge is -2.17. The molecule has 0 aliphatic carbocycles. The maximum atomic E-state index is 12.3.